The first-order chi connectivity index (χ1) is 10.1. The molecule has 1 aliphatic carbocycles. The fourth-order valence-corrected chi connectivity index (χ4v) is 3.79. The molecule has 2 aliphatic rings. The molecule has 2 fully saturated rings. The summed E-state index contributed by atoms with van der Waals surface area (Å²) in [7, 11) is 0. The number of halogens is 2. The predicted molar refractivity (Wildman–Crippen MR) is 76.8 cm³/mol. The Balaban J connectivity index is 1.74. The fraction of sp³-hybridized carbons (Fsp3) is 0.588. The summed E-state index contributed by atoms with van der Waals surface area (Å²) in [6, 6.07) is 4.38. The lowest BCUT2D eigenvalue weighted by atomic mass is 9.88. The van der Waals surface area contributed by atoms with Gasteiger partial charge in [0.15, 0.2) is 11.6 Å². The quantitative estimate of drug-likeness (QED) is 0.847. The van der Waals surface area contributed by atoms with Gasteiger partial charge in [-0.1, -0.05) is 12.5 Å². The molecule has 1 aromatic rings. The summed E-state index contributed by atoms with van der Waals surface area (Å²) < 4.78 is 26.4. The third kappa shape index (κ3) is 3.15. The number of nitrogens with zero attached hydrogens (tertiary/aromatic N) is 1. The molecule has 1 aliphatic heterocycles. The highest BCUT2D eigenvalue weighted by Gasteiger charge is 2.36. The van der Waals surface area contributed by atoms with Gasteiger partial charge in [0.2, 0.25) is 0 Å². The number of likely N-dealkylation sites (tertiary alicyclic amines) is 1. The van der Waals surface area contributed by atoms with Gasteiger partial charge < -0.3 is 0 Å². The Morgan fingerprint density at radius 2 is 1.95 bits per heavy atom. The van der Waals surface area contributed by atoms with Crippen LogP contribution in [0.2, 0.25) is 0 Å². The SMILES string of the molecule is O=C1CCCC1C1CCCCN1Cc1ccc(F)c(F)c1. The summed E-state index contributed by atoms with van der Waals surface area (Å²) in [6.45, 7) is 1.54. The first-order valence-electron chi connectivity index (χ1n) is 7.86. The molecule has 0 radical (unpaired) electrons. The van der Waals surface area contributed by atoms with E-state index >= 15 is 0 Å². The minimum atomic E-state index is -0.806. The Kier molecular flexibility index (Phi) is 4.34. The summed E-state index contributed by atoms with van der Waals surface area (Å²) in [6.07, 6.45) is 6.00. The molecule has 2 nitrogen and oxygen atoms in total. The van der Waals surface area contributed by atoms with E-state index in [9.17, 15) is 13.6 Å². The van der Waals surface area contributed by atoms with E-state index in [2.05, 4.69) is 4.90 Å². The Hall–Kier alpha value is -1.29. The molecule has 1 heterocycles. The molecule has 1 aromatic carbocycles. The molecule has 0 N–H and O–H groups in total. The van der Waals surface area contributed by atoms with Gasteiger partial charge in [0.05, 0.1) is 0 Å². The van der Waals surface area contributed by atoms with Crippen molar-refractivity contribution in [1.29, 1.82) is 0 Å². The number of rotatable bonds is 3. The van der Waals surface area contributed by atoms with Crippen molar-refractivity contribution in [3.8, 4) is 0 Å². The minimum Gasteiger partial charge on any atom is -0.299 e. The van der Waals surface area contributed by atoms with Crippen LogP contribution in [0.1, 0.15) is 44.1 Å². The highest BCUT2D eigenvalue weighted by Crippen LogP contribution is 2.33. The Morgan fingerprint density at radius 1 is 1.10 bits per heavy atom. The van der Waals surface area contributed by atoms with Gasteiger partial charge in [-0.05, 0) is 49.9 Å². The maximum Gasteiger partial charge on any atom is 0.159 e. The second-order valence-electron chi connectivity index (χ2n) is 6.25. The average molecular weight is 293 g/mol. The Morgan fingerprint density at radius 3 is 2.67 bits per heavy atom. The highest BCUT2D eigenvalue weighted by atomic mass is 19.2. The normalized spacial score (nSPS) is 27.2. The summed E-state index contributed by atoms with van der Waals surface area (Å²) in [5, 5.41) is 0. The van der Waals surface area contributed by atoms with E-state index in [1.807, 2.05) is 0 Å². The molecule has 0 aromatic heterocycles. The summed E-state index contributed by atoms with van der Waals surface area (Å²) in [4.78, 5) is 14.3. The van der Waals surface area contributed by atoms with Crippen LogP contribution in [0.5, 0.6) is 0 Å². The monoisotopic (exact) mass is 293 g/mol. The summed E-state index contributed by atoms with van der Waals surface area (Å²) >= 11 is 0. The smallest absolute Gasteiger partial charge is 0.159 e. The van der Waals surface area contributed by atoms with Crippen LogP contribution in [0.3, 0.4) is 0 Å². The molecule has 3 rings (SSSR count). The molecule has 2 atom stereocenters. The van der Waals surface area contributed by atoms with Crippen LogP contribution in [-0.4, -0.2) is 23.3 Å². The number of carbonyl (C=O) groups excluding carboxylic acids is 1. The standard InChI is InChI=1S/C17H21F2NO/c18-14-8-7-12(10-15(14)19)11-20-9-2-1-5-16(20)13-4-3-6-17(13)21/h7-8,10,13,16H,1-6,9,11H2. The number of benzene rings is 1. The number of hydrogen-bond acceptors (Lipinski definition) is 2. The maximum atomic E-state index is 13.3. The lowest BCUT2D eigenvalue weighted by Gasteiger charge is -2.38. The summed E-state index contributed by atoms with van der Waals surface area (Å²) in [5.74, 6) is -1.06. The largest absolute Gasteiger partial charge is 0.299 e. The van der Waals surface area contributed by atoms with E-state index in [1.54, 1.807) is 6.07 Å². The van der Waals surface area contributed by atoms with Gasteiger partial charge in [0.25, 0.3) is 0 Å². The van der Waals surface area contributed by atoms with Gasteiger partial charge in [-0.2, -0.15) is 0 Å². The van der Waals surface area contributed by atoms with Crippen molar-refractivity contribution in [2.75, 3.05) is 6.54 Å². The fourth-order valence-electron chi connectivity index (χ4n) is 3.79. The van der Waals surface area contributed by atoms with Crippen molar-refractivity contribution in [3.05, 3.63) is 35.4 Å². The van der Waals surface area contributed by atoms with Gasteiger partial charge in [0, 0.05) is 24.9 Å². The molecule has 0 amide bonds. The molecule has 21 heavy (non-hydrogen) atoms. The molecule has 4 heteroatoms. The first kappa shape index (κ1) is 14.6. The zero-order valence-electron chi connectivity index (χ0n) is 12.2. The minimum absolute atomic E-state index is 0.149. The third-order valence-corrected chi connectivity index (χ3v) is 4.85. The Labute approximate surface area is 124 Å². The lowest BCUT2D eigenvalue weighted by Crippen LogP contribution is -2.44. The third-order valence-electron chi connectivity index (χ3n) is 4.85. The van der Waals surface area contributed by atoms with Crippen molar-refractivity contribution in [3.63, 3.8) is 0 Å². The van der Waals surface area contributed by atoms with Crippen molar-refractivity contribution >= 4 is 5.78 Å². The lowest BCUT2D eigenvalue weighted by molar-refractivity contribution is -0.123. The van der Waals surface area contributed by atoms with Gasteiger partial charge in [-0.25, -0.2) is 8.78 Å². The van der Waals surface area contributed by atoms with E-state index in [0.29, 0.717) is 18.7 Å². The highest BCUT2D eigenvalue weighted by molar-refractivity contribution is 5.83. The van der Waals surface area contributed by atoms with Crippen LogP contribution >= 0.6 is 0 Å². The van der Waals surface area contributed by atoms with E-state index in [4.69, 9.17) is 0 Å². The molecule has 0 bridgehead atoms. The first-order valence-corrected chi connectivity index (χ1v) is 7.86. The van der Waals surface area contributed by atoms with Gasteiger partial charge in [0.1, 0.15) is 5.78 Å². The second kappa shape index (κ2) is 6.22. The molecule has 0 spiro atoms. The molecule has 1 saturated heterocycles. The number of Topliss-reactive ketones (excluding diaryl/α,β-unsaturated/α-hetero) is 1. The van der Waals surface area contributed by atoms with Crippen LogP contribution in [0.4, 0.5) is 8.78 Å². The zero-order chi connectivity index (χ0) is 14.8. The molecular formula is C17H21F2NO. The Bertz CT molecular complexity index is 532. The number of hydrogen-bond donors (Lipinski definition) is 0. The van der Waals surface area contributed by atoms with Gasteiger partial charge in [-0.3, -0.25) is 9.69 Å². The van der Waals surface area contributed by atoms with E-state index < -0.39 is 11.6 Å². The van der Waals surface area contributed by atoms with Crippen molar-refractivity contribution in [2.24, 2.45) is 5.92 Å². The molecular weight excluding hydrogens is 272 g/mol. The van der Waals surface area contributed by atoms with E-state index in [-0.39, 0.29) is 12.0 Å². The van der Waals surface area contributed by atoms with Crippen molar-refractivity contribution in [2.45, 2.75) is 51.1 Å². The van der Waals surface area contributed by atoms with E-state index in [1.165, 1.54) is 12.1 Å². The van der Waals surface area contributed by atoms with Gasteiger partial charge >= 0.3 is 0 Å². The number of ketones is 1. The van der Waals surface area contributed by atoms with E-state index in [0.717, 1.165) is 44.2 Å². The van der Waals surface area contributed by atoms with Crippen LogP contribution in [0, 0.1) is 17.6 Å². The summed E-state index contributed by atoms with van der Waals surface area (Å²) in [5.41, 5.74) is 0.784. The number of carbonyl (C=O) groups is 1. The average Bonchev–Trinajstić information content (AvgIpc) is 2.90. The zero-order valence-corrected chi connectivity index (χ0v) is 12.2. The van der Waals surface area contributed by atoms with Crippen molar-refractivity contribution < 1.29 is 13.6 Å². The molecule has 2 unspecified atom stereocenters. The molecule has 114 valence electrons. The van der Waals surface area contributed by atoms with Crippen LogP contribution < -0.4 is 0 Å². The van der Waals surface area contributed by atoms with Crippen LogP contribution in [0.15, 0.2) is 18.2 Å². The predicted octanol–water partition coefficient (Wildman–Crippen LogP) is 3.69. The van der Waals surface area contributed by atoms with Crippen LogP contribution in [0.25, 0.3) is 0 Å². The van der Waals surface area contributed by atoms with Crippen LogP contribution in [-0.2, 0) is 11.3 Å². The molecule has 1 saturated carbocycles. The van der Waals surface area contributed by atoms with Gasteiger partial charge in [-0.15, -0.1) is 0 Å². The second-order valence-corrected chi connectivity index (χ2v) is 6.25. The number of piperidine rings is 1. The van der Waals surface area contributed by atoms with Crippen molar-refractivity contribution in [1.82, 2.24) is 4.90 Å². The topological polar surface area (TPSA) is 20.3 Å². The maximum absolute atomic E-state index is 13.3.